The first-order valence-corrected chi connectivity index (χ1v) is 13.8. The fourth-order valence-corrected chi connectivity index (χ4v) is 4.02. The lowest BCUT2D eigenvalue weighted by Crippen LogP contribution is -2.30. The van der Waals surface area contributed by atoms with Crippen LogP contribution in [0.4, 0.5) is 19.0 Å². The number of ether oxygens (including phenoxy) is 1. The molecule has 0 saturated carbocycles. The van der Waals surface area contributed by atoms with E-state index >= 15 is 0 Å². The monoisotopic (exact) mass is 634 g/mol. The summed E-state index contributed by atoms with van der Waals surface area (Å²) in [6.07, 6.45) is -2.89. The van der Waals surface area contributed by atoms with Crippen molar-refractivity contribution in [3.63, 3.8) is 0 Å². The topological polar surface area (TPSA) is 162 Å². The van der Waals surface area contributed by atoms with Crippen molar-refractivity contribution in [1.82, 2.24) is 10.3 Å². The van der Waals surface area contributed by atoms with Gasteiger partial charge in [0, 0.05) is 18.3 Å². The second-order valence-corrected chi connectivity index (χ2v) is 9.61. The maximum atomic E-state index is 13.0. The second kappa shape index (κ2) is 16.8. The molecule has 13 heteroatoms. The van der Waals surface area contributed by atoms with E-state index in [1.807, 2.05) is 42.5 Å². The van der Waals surface area contributed by atoms with Gasteiger partial charge in [0.1, 0.15) is 11.6 Å². The number of aromatic nitrogens is 1. The van der Waals surface area contributed by atoms with Crippen molar-refractivity contribution in [2.45, 2.75) is 25.1 Å². The van der Waals surface area contributed by atoms with Crippen LogP contribution in [0.3, 0.4) is 0 Å². The summed E-state index contributed by atoms with van der Waals surface area (Å²) < 4.78 is 37.5. The number of carbonyl (C=O) groups is 3. The molecule has 4 aromatic rings. The molecule has 0 aliphatic rings. The quantitative estimate of drug-likeness (QED) is 0.135. The highest BCUT2D eigenvalue weighted by molar-refractivity contribution is 5.95. The summed E-state index contributed by atoms with van der Waals surface area (Å²) in [6.45, 7) is 1.15. The number of alkyl halides is 3. The predicted molar refractivity (Wildman–Crippen MR) is 162 cm³/mol. The lowest BCUT2D eigenvalue weighted by Gasteiger charge is -2.18. The van der Waals surface area contributed by atoms with E-state index in [9.17, 15) is 27.9 Å². The van der Waals surface area contributed by atoms with Gasteiger partial charge in [0.25, 0.3) is 5.91 Å². The lowest BCUT2D eigenvalue weighted by atomic mass is 9.98. The fraction of sp³-hybridized carbons (Fsp3) is 0.182. The van der Waals surface area contributed by atoms with Crippen LogP contribution in [0.1, 0.15) is 40.4 Å². The van der Waals surface area contributed by atoms with Crippen LogP contribution in [0.25, 0.3) is 11.1 Å². The van der Waals surface area contributed by atoms with Gasteiger partial charge in [0.15, 0.2) is 0 Å². The van der Waals surface area contributed by atoms with E-state index < -0.39 is 30.1 Å². The number of benzene rings is 3. The van der Waals surface area contributed by atoms with E-state index in [0.717, 1.165) is 23.4 Å². The molecule has 1 heterocycles. The average molecular weight is 635 g/mol. The number of rotatable bonds is 12. The van der Waals surface area contributed by atoms with Gasteiger partial charge in [-0.2, -0.15) is 18.4 Å². The van der Waals surface area contributed by atoms with E-state index in [1.165, 1.54) is 0 Å². The molecule has 3 aromatic carbocycles. The number of carboxylic acids is 2. The Kier molecular flexibility index (Phi) is 12.6. The fourth-order valence-electron chi connectivity index (χ4n) is 4.02. The van der Waals surface area contributed by atoms with Gasteiger partial charge in [-0.25, -0.2) is 9.78 Å². The molecule has 4 N–H and O–H groups in total. The lowest BCUT2D eigenvalue weighted by molar-refractivity contribution is -0.192. The van der Waals surface area contributed by atoms with Crippen LogP contribution in [0, 0.1) is 11.3 Å². The average Bonchev–Trinajstić information content (AvgIpc) is 3.04. The van der Waals surface area contributed by atoms with Crippen LogP contribution in [0.15, 0.2) is 97.2 Å². The minimum atomic E-state index is -5.08. The Morgan fingerprint density at radius 2 is 1.63 bits per heavy atom. The normalized spacial score (nSPS) is 11.2. The number of aliphatic carboxylic acids is 2. The zero-order chi connectivity index (χ0) is 33.5. The first-order valence-electron chi connectivity index (χ1n) is 13.8. The molecule has 0 radical (unpaired) electrons. The van der Waals surface area contributed by atoms with E-state index in [-0.39, 0.29) is 6.42 Å². The molecule has 0 aliphatic heterocycles. The minimum absolute atomic E-state index is 0.269. The molecule has 238 valence electrons. The summed E-state index contributed by atoms with van der Waals surface area (Å²) in [7, 11) is 0. The molecular weight excluding hydrogens is 605 g/mol. The van der Waals surface area contributed by atoms with Gasteiger partial charge in [-0.05, 0) is 65.6 Å². The molecule has 1 amide bonds. The SMILES string of the molecule is N#Cc1cccc(-c2ccc(C(CC(=O)O)NC(=O)c3cccc(OCCCNc4ccccn4)c3)cc2)c1.O=C(O)C(F)(F)F. The first kappa shape index (κ1) is 34.6. The number of carbonyl (C=O) groups excluding carboxylic acids is 1. The van der Waals surface area contributed by atoms with Crippen LogP contribution in [0.2, 0.25) is 0 Å². The van der Waals surface area contributed by atoms with Gasteiger partial charge in [-0.1, -0.05) is 48.5 Å². The third-order valence-corrected chi connectivity index (χ3v) is 6.22. The number of carboxylic acid groups (broad SMARTS) is 2. The Morgan fingerprint density at radius 3 is 2.26 bits per heavy atom. The molecule has 1 unspecified atom stereocenters. The van der Waals surface area contributed by atoms with E-state index in [1.54, 1.807) is 54.7 Å². The van der Waals surface area contributed by atoms with Crippen molar-refractivity contribution in [3.05, 3.63) is 114 Å². The molecular formula is C33H29F3N4O6. The van der Waals surface area contributed by atoms with Gasteiger partial charge in [0.2, 0.25) is 0 Å². The molecule has 0 spiro atoms. The number of nitrogens with one attached hydrogen (secondary N) is 2. The molecule has 46 heavy (non-hydrogen) atoms. The van der Waals surface area contributed by atoms with Crippen LogP contribution < -0.4 is 15.4 Å². The minimum Gasteiger partial charge on any atom is -0.494 e. The van der Waals surface area contributed by atoms with Crippen molar-refractivity contribution in [3.8, 4) is 22.9 Å². The number of nitriles is 1. The molecule has 0 bridgehead atoms. The first-order chi connectivity index (χ1) is 22.0. The third-order valence-electron chi connectivity index (χ3n) is 6.22. The number of hydrogen-bond donors (Lipinski definition) is 4. The zero-order valence-electron chi connectivity index (χ0n) is 24.2. The standard InChI is InChI=1S/C31H28N4O4.C2HF3O2/c32-21-22-6-3-7-25(18-22)23-11-13-24(14-12-23)28(20-30(36)37)35-31(38)26-8-4-9-27(19-26)39-17-5-16-34-29-10-1-2-15-33-29;3-2(4,5)1(6)7/h1-4,6-15,18-19,28H,5,16-17,20H2,(H,33,34)(H,35,38)(H,36,37);(H,6,7). The van der Waals surface area contributed by atoms with Gasteiger partial charge in [0.05, 0.1) is 30.7 Å². The largest absolute Gasteiger partial charge is 0.494 e. The van der Waals surface area contributed by atoms with E-state index in [4.69, 9.17) is 19.9 Å². The van der Waals surface area contributed by atoms with Crippen molar-refractivity contribution in [2.24, 2.45) is 0 Å². The van der Waals surface area contributed by atoms with Crippen LogP contribution in [-0.4, -0.2) is 52.4 Å². The molecule has 4 rings (SSSR count). The molecule has 0 fully saturated rings. The Balaban J connectivity index is 0.000000738. The number of nitrogens with zero attached hydrogens (tertiary/aromatic N) is 2. The second-order valence-electron chi connectivity index (χ2n) is 9.61. The van der Waals surface area contributed by atoms with Crippen molar-refractivity contribution in [2.75, 3.05) is 18.5 Å². The number of anilines is 1. The molecule has 0 saturated heterocycles. The highest BCUT2D eigenvalue weighted by atomic mass is 19.4. The molecule has 0 aliphatic carbocycles. The van der Waals surface area contributed by atoms with Gasteiger partial charge >= 0.3 is 18.1 Å². The number of halogens is 3. The van der Waals surface area contributed by atoms with Crippen molar-refractivity contribution >= 4 is 23.7 Å². The van der Waals surface area contributed by atoms with Crippen molar-refractivity contribution in [1.29, 1.82) is 5.26 Å². The van der Waals surface area contributed by atoms with Gasteiger partial charge < -0.3 is 25.6 Å². The number of amides is 1. The van der Waals surface area contributed by atoms with Crippen LogP contribution in [-0.2, 0) is 9.59 Å². The highest BCUT2D eigenvalue weighted by Crippen LogP contribution is 2.25. The van der Waals surface area contributed by atoms with Crippen LogP contribution in [0.5, 0.6) is 5.75 Å². The summed E-state index contributed by atoms with van der Waals surface area (Å²) in [6, 6.07) is 28.4. The molecule has 10 nitrogen and oxygen atoms in total. The molecule has 1 aromatic heterocycles. The Labute approximate surface area is 262 Å². The van der Waals surface area contributed by atoms with Crippen LogP contribution >= 0.6 is 0 Å². The maximum absolute atomic E-state index is 13.0. The Bertz CT molecular complexity index is 1660. The van der Waals surface area contributed by atoms with Crippen molar-refractivity contribution < 1.29 is 42.5 Å². The third kappa shape index (κ3) is 11.3. The zero-order valence-corrected chi connectivity index (χ0v) is 24.2. The predicted octanol–water partition coefficient (Wildman–Crippen LogP) is 6.08. The summed E-state index contributed by atoms with van der Waals surface area (Å²) in [5.74, 6) is -2.82. The van der Waals surface area contributed by atoms with E-state index in [2.05, 4.69) is 21.7 Å². The smallest absolute Gasteiger partial charge is 0.490 e. The summed E-state index contributed by atoms with van der Waals surface area (Å²) in [4.78, 5) is 37.7. The van der Waals surface area contributed by atoms with E-state index in [0.29, 0.717) is 35.6 Å². The Hall–Kier alpha value is -5.90. The maximum Gasteiger partial charge on any atom is 0.490 e. The van der Waals surface area contributed by atoms with Gasteiger partial charge in [-0.15, -0.1) is 0 Å². The summed E-state index contributed by atoms with van der Waals surface area (Å²) in [5.41, 5.74) is 3.36. The summed E-state index contributed by atoms with van der Waals surface area (Å²) in [5, 5.41) is 31.8. The number of pyridine rings is 1. The summed E-state index contributed by atoms with van der Waals surface area (Å²) >= 11 is 0. The number of hydrogen-bond acceptors (Lipinski definition) is 7. The highest BCUT2D eigenvalue weighted by Gasteiger charge is 2.38. The Morgan fingerprint density at radius 1 is 0.913 bits per heavy atom. The van der Waals surface area contributed by atoms with Gasteiger partial charge in [-0.3, -0.25) is 9.59 Å². The molecule has 1 atom stereocenters.